The minimum absolute atomic E-state index is 0.404. The second kappa shape index (κ2) is 4.92. The third-order valence-corrected chi connectivity index (χ3v) is 3.63. The van der Waals surface area contributed by atoms with E-state index in [-0.39, 0.29) is 0 Å². The molecular formula is C12H15Cl2NO. The largest absolute Gasteiger partial charge is 0.381 e. The number of benzene rings is 1. The van der Waals surface area contributed by atoms with E-state index in [9.17, 15) is 0 Å². The molecular weight excluding hydrogens is 245 g/mol. The first-order valence-electron chi connectivity index (χ1n) is 5.44. The lowest BCUT2D eigenvalue weighted by atomic mass is 9.84. The normalized spacial score (nSPS) is 26.4. The van der Waals surface area contributed by atoms with Crippen LogP contribution in [0.3, 0.4) is 0 Å². The van der Waals surface area contributed by atoms with Gasteiger partial charge in [-0.15, -0.1) is 0 Å². The van der Waals surface area contributed by atoms with Gasteiger partial charge >= 0.3 is 0 Å². The maximum absolute atomic E-state index is 6.43. The molecule has 88 valence electrons. The SMILES string of the molecule is NC1(c2cc(Cl)ccc2Cl)CCCOCC1. The second-order valence-corrected chi connectivity index (χ2v) is 5.09. The molecule has 0 radical (unpaired) electrons. The van der Waals surface area contributed by atoms with Crippen LogP contribution < -0.4 is 5.73 Å². The number of rotatable bonds is 1. The van der Waals surface area contributed by atoms with Crippen molar-refractivity contribution in [3.05, 3.63) is 33.8 Å². The molecule has 0 aromatic heterocycles. The Hall–Kier alpha value is -0.280. The third-order valence-electron chi connectivity index (χ3n) is 3.07. The average Bonchev–Trinajstić information content (AvgIpc) is 2.48. The van der Waals surface area contributed by atoms with E-state index in [1.54, 1.807) is 12.1 Å². The first kappa shape index (κ1) is 12.2. The Labute approximate surface area is 106 Å². The Kier molecular flexibility index (Phi) is 3.75. The maximum atomic E-state index is 6.43. The smallest absolute Gasteiger partial charge is 0.0486 e. The predicted octanol–water partition coefficient (Wildman–Crippen LogP) is 3.35. The summed E-state index contributed by atoms with van der Waals surface area (Å²) in [5.41, 5.74) is 6.96. The highest BCUT2D eigenvalue weighted by Crippen LogP contribution is 2.35. The van der Waals surface area contributed by atoms with E-state index in [2.05, 4.69) is 0 Å². The molecule has 1 atom stereocenters. The van der Waals surface area contributed by atoms with Gasteiger partial charge in [-0.2, -0.15) is 0 Å². The molecule has 1 aromatic carbocycles. The van der Waals surface area contributed by atoms with Crippen LogP contribution >= 0.6 is 23.2 Å². The van der Waals surface area contributed by atoms with Crippen LogP contribution in [0.25, 0.3) is 0 Å². The molecule has 0 amide bonds. The minimum Gasteiger partial charge on any atom is -0.381 e. The van der Waals surface area contributed by atoms with Crippen LogP contribution in [0.5, 0.6) is 0 Å². The molecule has 0 spiro atoms. The summed E-state index contributed by atoms with van der Waals surface area (Å²) in [5, 5.41) is 1.36. The summed E-state index contributed by atoms with van der Waals surface area (Å²) in [6.07, 6.45) is 2.62. The molecule has 2 rings (SSSR count). The number of halogens is 2. The summed E-state index contributed by atoms with van der Waals surface area (Å²) in [7, 11) is 0. The fourth-order valence-corrected chi connectivity index (χ4v) is 2.60. The van der Waals surface area contributed by atoms with E-state index in [1.165, 1.54) is 0 Å². The molecule has 1 heterocycles. The molecule has 1 saturated heterocycles. The molecule has 16 heavy (non-hydrogen) atoms. The van der Waals surface area contributed by atoms with Crippen molar-refractivity contribution in [3.63, 3.8) is 0 Å². The van der Waals surface area contributed by atoms with Crippen LogP contribution in [0.15, 0.2) is 18.2 Å². The van der Waals surface area contributed by atoms with Gasteiger partial charge in [0.25, 0.3) is 0 Å². The number of ether oxygens (including phenoxy) is 1. The number of nitrogens with two attached hydrogens (primary N) is 1. The highest BCUT2D eigenvalue weighted by molar-refractivity contribution is 6.33. The number of hydrogen-bond acceptors (Lipinski definition) is 2. The van der Waals surface area contributed by atoms with Gasteiger partial charge in [0.1, 0.15) is 0 Å². The van der Waals surface area contributed by atoms with Crippen molar-refractivity contribution in [1.82, 2.24) is 0 Å². The quantitative estimate of drug-likeness (QED) is 0.840. The summed E-state index contributed by atoms with van der Waals surface area (Å²) in [5.74, 6) is 0. The van der Waals surface area contributed by atoms with Crippen molar-refractivity contribution >= 4 is 23.2 Å². The van der Waals surface area contributed by atoms with Crippen LogP contribution in [0.2, 0.25) is 10.0 Å². The van der Waals surface area contributed by atoms with Gasteiger partial charge in [0.05, 0.1) is 0 Å². The fraction of sp³-hybridized carbons (Fsp3) is 0.500. The molecule has 0 saturated carbocycles. The molecule has 1 fully saturated rings. The van der Waals surface area contributed by atoms with Crippen molar-refractivity contribution in [1.29, 1.82) is 0 Å². The molecule has 0 aliphatic carbocycles. The Bertz CT molecular complexity index is 373. The van der Waals surface area contributed by atoms with Crippen LogP contribution in [0.4, 0.5) is 0 Å². The van der Waals surface area contributed by atoms with Crippen molar-refractivity contribution in [2.45, 2.75) is 24.8 Å². The zero-order valence-corrected chi connectivity index (χ0v) is 10.5. The van der Waals surface area contributed by atoms with E-state index >= 15 is 0 Å². The maximum Gasteiger partial charge on any atom is 0.0486 e. The molecule has 4 heteroatoms. The summed E-state index contributed by atoms with van der Waals surface area (Å²) >= 11 is 12.2. The lowest BCUT2D eigenvalue weighted by molar-refractivity contribution is 0.139. The molecule has 1 aliphatic rings. The lowest BCUT2D eigenvalue weighted by Gasteiger charge is -2.29. The van der Waals surface area contributed by atoms with Crippen LogP contribution in [0, 0.1) is 0 Å². The van der Waals surface area contributed by atoms with Crippen LogP contribution in [-0.4, -0.2) is 13.2 Å². The van der Waals surface area contributed by atoms with Gasteiger partial charge in [0.15, 0.2) is 0 Å². The van der Waals surface area contributed by atoms with Gasteiger partial charge in [-0.3, -0.25) is 0 Å². The Morgan fingerprint density at radius 3 is 2.81 bits per heavy atom. The summed E-state index contributed by atoms with van der Waals surface area (Å²) in [6.45, 7) is 1.45. The topological polar surface area (TPSA) is 35.2 Å². The van der Waals surface area contributed by atoms with Gasteiger partial charge < -0.3 is 10.5 Å². The standard InChI is InChI=1S/C12H15Cl2NO/c13-9-2-3-11(14)10(8-9)12(15)4-1-6-16-7-5-12/h2-3,8H,1,4-7,15H2. The first-order valence-corrected chi connectivity index (χ1v) is 6.20. The van der Waals surface area contributed by atoms with Gasteiger partial charge in [-0.1, -0.05) is 23.2 Å². The van der Waals surface area contributed by atoms with E-state index in [0.29, 0.717) is 16.7 Å². The van der Waals surface area contributed by atoms with E-state index in [1.807, 2.05) is 6.07 Å². The van der Waals surface area contributed by atoms with Crippen molar-refractivity contribution in [2.24, 2.45) is 5.73 Å². The Morgan fingerprint density at radius 2 is 2.00 bits per heavy atom. The molecule has 0 bridgehead atoms. The Balaban J connectivity index is 2.36. The van der Waals surface area contributed by atoms with Crippen LogP contribution in [-0.2, 0) is 10.3 Å². The minimum atomic E-state index is -0.404. The monoisotopic (exact) mass is 259 g/mol. The summed E-state index contributed by atoms with van der Waals surface area (Å²) < 4.78 is 5.43. The highest BCUT2D eigenvalue weighted by Gasteiger charge is 2.30. The van der Waals surface area contributed by atoms with Gasteiger partial charge in [0, 0.05) is 28.8 Å². The first-order chi connectivity index (χ1) is 7.62. The summed E-state index contributed by atoms with van der Waals surface area (Å²) in [6, 6.07) is 5.46. The highest BCUT2D eigenvalue weighted by atomic mass is 35.5. The zero-order chi connectivity index (χ0) is 11.6. The van der Waals surface area contributed by atoms with E-state index < -0.39 is 5.54 Å². The molecule has 2 N–H and O–H groups in total. The van der Waals surface area contributed by atoms with Gasteiger partial charge in [-0.05, 0) is 43.0 Å². The third kappa shape index (κ3) is 2.51. The van der Waals surface area contributed by atoms with Gasteiger partial charge in [-0.25, -0.2) is 0 Å². The lowest BCUT2D eigenvalue weighted by Crippen LogP contribution is -2.37. The molecule has 2 nitrogen and oxygen atoms in total. The van der Waals surface area contributed by atoms with Crippen LogP contribution in [0.1, 0.15) is 24.8 Å². The Morgan fingerprint density at radius 1 is 1.19 bits per heavy atom. The van der Waals surface area contributed by atoms with Gasteiger partial charge in [0.2, 0.25) is 0 Å². The molecule has 1 unspecified atom stereocenters. The molecule has 1 aliphatic heterocycles. The van der Waals surface area contributed by atoms with Crippen molar-refractivity contribution in [3.8, 4) is 0 Å². The van der Waals surface area contributed by atoms with E-state index in [4.69, 9.17) is 33.7 Å². The summed E-state index contributed by atoms with van der Waals surface area (Å²) in [4.78, 5) is 0. The van der Waals surface area contributed by atoms with E-state index in [0.717, 1.165) is 31.4 Å². The predicted molar refractivity (Wildman–Crippen MR) is 67.0 cm³/mol. The fourth-order valence-electron chi connectivity index (χ4n) is 2.12. The van der Waals surface area contributed by atoms with Crippen molar-refractivity contribution in [2.75, 3.05) is 13.2 Å². The average molecular weight is 260 g/mol. The molecule has 1 aromatic rings. The second-order valence-electron chi connectivity index (χ2n) is 4.25. The number of hydrogen-bond donors (Lipinski definition) is 1. The van der Waals surface area contributed by atoms with Crippen molar-refractivity contribution < 1.29 is 4.74 Å². The zero-order valence-electron chi connectivity index (χ0n) is 9.01.